The molecule has 0 bridgehead atoms. The quantitative estimate of drug-likeness (QED) is 0.737. The summed E-state index contributed by atoms with van der Waals surface area (Å²) in [6.45, 7) is 3.49. The lowest BCUT2D eigenvalue weighted by atomic mass is 10.0. The Morgan fingerprint density at radius 3 is 2.47 bits per heavy atom. The number of hydrogen-bond acceptors (Lipinski definition) is 5. The van der Waals surface area contributed by atoms with E-state index in [1.165, 1.54) is 6.07 Å². The first-order chi connectivity index (χ1) is 14.0. The molecule has 1 atom stereocenters. The summed E-state index contributed by atoms with van der Waals surface area (Å²) < 4.78 is 5.41. The van der Waals surface area contributed by atoms with E-state index >= 15 is 0 Å². The fourth-order valence-corrected chi connectivity index (χ4v) is 3.98. The van der Waals surface area contributed by atoms with E-state index in [1.807, 2.05) is 6.92 Å². The number of carbonyl (C=O) groups excluding carboxylic acids is 3. The SMILES string of the molecule is CCOc1ccc(N2C(=O)c3ccc(C(=O)N4CCCC4CN)cc3C2=O)cc1.Cl. The van der Waals surface area contributed by atoms with Gasteiger partial charge in [0.05, 0.1) is 23.4 Å². The number of carbonyl (C=O) groups is 3. The molecule has 0 aromatic heterocycles. The molecule has 1 saturated heterocycles. The number of ether oxygens (including phenoxy) is 1. The van der Waals surface area contributed by atoms with E-state index < -0.39 is 11.8 Å². The average molecular weight is 430 g/mol. The van der Waals surface area contributed by atoms with E-state index in [1.54, 1.807) is 41.3 Å². The topological polar surface area (TPSA) is 92.9 Å². The summed E-state index contributed by atoms with van der Waals surface area (Å²) in [5, 5.41) is 0. The Balaban J connectivity index is 0.00000256. The zero-order chi connectivity index (χ0) is 20.5. The third-order valence-electron chi connectivity index (χ3n) is 5.45. The Morgan fingerprint density at radius 2 is 1.80 bits per heavy atom. The van der Waals surface area contributed by atoms with Gasteiger partial charge in [-0.2, -0.15) is 0 Å². The van der Waals surface area contributed by atoms with Gasteiger partial charge in [-0.1, -0.05) is 0 Å². The molecule has 2 aromatic rings. The van der Waals surface area contributed by atoms with Gasteiger partial charge in [-0.3, -0.25) is 14.4 Å². The number of benzene rings is 2. The number of nitrogens with zero attached hydrogens (tertiary/aromatic N) is 2. The second-order valence-electron chi connectivity index (χ2n) is 7.16. The molecule has 0 spiro atoms. The highest BCUT2D eigenvalue weighted by Gasteiger charge is 2.38. The van der Waals surface area contributed by atoms with Crippen molar-refractivity contribution in [3.05, 3.63) is 59.2 Å². The standard InChI is InChI=1S/C22H23N3O4.ClH/c1-2-29-17-8-6-15(7-9-17)25-21(27)18-10-5-14(12-19(18)22(25)28)20(26)24-11-3-4-16(24)13-23;/h5-10,12,16H,2-4,11,13,23H2,1H3;1H. The van der Waals surface area contributed by atoms with Crippen LogP contribution in [-0.2, 0) is 0 Å². The van der Waals surface area contributed by atoms with Crippen molar-refractivity contribution in [3.8, 4) is 5.75 Å². The number of amides is 3. The van der Waals surface area contributed by atoms with Gasteiger partial charge in [0.25, 0.3) is 17.7 Å². The van der Waals surface area contributed by atoms with Gasteiger partial charge in [0.1, 0.15) is 5.75 Å². The third kappa shape index (κ3) is 3.66. The van der Waals surface area contributed by atoms with Crippen molar-refractivity contribution in [2.75, 3.05) is 24.6 Å². The van der Waals surface area contributed by atoms with Gasteiger partial charge >= 0.3 is 0 Å². The summed E-state index contributed by atoms with van der Waals surface area (Å²) in [6.07, 6.45) is 1.80. The molecule has 2 aliphatic heterocycles. The van der Waals surface area contributed by atoms with Crippen molar-refractivity contribution in [3.63, 3.8) is 0 Å². The van der Waals surface area contributed by atoms with E-state index in [0.29, 0.717) is 42.3 Å². The highest BCUT2D eigenvalue weighted by atomic mass is 35.5. The van der Waals surface area contributed by atoms with Crippen LogP contribution in [0.4, 0.5) is 5.69 Å². The molecule has 8 heteroatoms. The van der Waals surface area contributed by atoms with Crippen molar-refractivity contribution in [1.82, 2.24) is 4.90 Å². The molecule has 2 aliphatic rings. The molecule has 2 heterocycles. The maximum atomic E-state index is 13.0. The van der Waals surface area contributed by atoms with Crippen molar-refractivity contribution >= 4 is 35.8 Å². The molecule has 1 fully saturated rings. The summed E-state index contributed by atoms with van der Waals surface area (Å²) in [5.74, 6) is -0.309. The molecule has 0 radical (unpaired) electrons. The van der Waals surface area contributed by atoms with E-state index in [-0.39, 0.29) is 29.9 Å². The molecule has 3 amide bonds. The summed E-state index contributed by atoms with van der Waals surface area (Å²) in [7, 11) is 0. The summed E-state index contributed by atoms with van der Waals surface area (Å²) in [4.78, 5) is 41.6. The number of anilines is 1. The highest BCUT2D eigenvalue weighted by Crippen LogP contribution is 2.31. The minimum atomic E-state index is -0.430. The van der Waals surface area contributed by atoms with E-state index in [9.17, 15) is 14.4 Å². The van der Waals surface area contributed by atoms with E-state index in [0.717, 1.165) is 17.7 Å². The van der Waals surface area contributed by atoms with Gasteiger partial charge in [0.2, 0.25) is 0 Å². The Kier molecular flexibility index (Phi) is 6.43. The largest absolute Gasteiger partial charge is 0.494 e. The summed E-state index contributed by atoms with van der Waals surface area (Å²) in [5.41, 5.74) is 7.20. The molecule has 7 nitrogen and oxygen atoms in total. The van der Waals surface area contributed by atoms with Crippen LogP contribution in [-0.4, -0.2) is 48.4 Å². The second-order valence-corrected chi connectivity index (χ2v) is 7.16. The lowest BCUT2D eigenvalue weighted by Gasteiger charge is -2.23. The summed E-state index contributed by atoms with van der Waals surface area (Å²) in [6, 6.07) is 11.5. The van der Waals surface area contributed by atoms with Crippen LogP contribution in [0.3, 0.4) is 0 Å². The highest BCUT2D eigenvalue weighted by molar-refractivity contribution is 6.34. The number of imide groups is 1. The van der Waals surface area contributed by atoms with Gasteiger partial charge in [-0.25, -0.2) is 4.90 Å². The first-order valence-corrected chi connectivity index (χ1v) is 9.82. The number of likely N-dealkylation sites (tertiary alicyclic amines) is 1. The predicted molar refractivity (Wildman–Crippen MR) is 116 cm³/mol. The van der Waals surface area contributed by atoms with Gasteiger partial charge in [-0.15, -0.1) is 12.4 Å². The zero-order valence-electron chi connectivity index (χ0n) is 16.7. The first kappa shape index (κ1) is 21.8. The minimum Gasteiger partial charge on any atom is -0.494 e. The third-order valence-corrected chi connectivity index (χ3v) is 5.45. The molecule has 2 N–H and O–H groups in total. The van der Waals surface area contributed by atoms with Gasteiger partial charge in [-0.05, 0) is 62.2 Å². The van der Waals surface area contributed by atoms with E-state index in [4.69, 9.17) is 10.5 Å². The van der Waals surface area contributed by atoms with Gasteiger partial charge in [0.15, 0.2) is 0 Å². The van der Waals surface area contributed by atoms with E-state index in [2.05, 4.69) is 0 Å². The predicted octanol–water partition coefficient (Wildman–Crippen LogP) is 2.87. The molecular weight excluding hydrogens is 406 g/mol. The van der Waals surface area contributed by atoms with Crippen LogP contribution in [0, 0.1) is 0 Å². The molecule has 4 rings (SSSR count). The van der Waals surface area contributed by atoms with Crippen molar-refractivity contribution in [1.29, 1.82) is 0 Å². The van der Waals surface area contributed by atoms with Crippen LogP contribution in [0.25, 0.3) is 0 Å². The molecule has 30 heavy (non-hydrogen) atoms. The molecule has 1 unspecified atom stereocenters. The molecule has 0 aliphatic carbocycles. The fraction of sp³-hybridized carbons (Fsp3) is 0.318. The second kappa shape index (κ2) is 8.85. The number of fused-ring (bicyclic) bond motifs is 1. The van der Waals surface area contributed by atoms with Crippen LogP contribution in [0.1, 0.15) is 50.8 Å². The van der Waals surface area contributed by atoms with Crippen LogP contribution in [0.15, 0.2) is 42.5 Å². The molecule has 158 valence electrons. The molecular formula is C22H24ClN3O4. The maximum Gasteiger partial charge on any atom is 0.266 e. The van der Waals surface area contributed by atoms with Crippen LogP contribution < -0.4 is 15.4 Å². The van der Waals surface area contributed by atoms with Gasteiger partial charge < -0.3 is 15.4 Å². The van der Waals surface area contributed by atoms with Gasteiger partial charge in [0, 0.05) is 24.7 Å². The van der Waals surface area contributed by atoms with Crippen LogP contribution >= 0.6 is 12.4 Å². The van der Waals surface area contributed by atoms with Crippen LogP contribution in [0.2, 0.25) is 0 Å². The Bertz CT molecular complexity index is 977. The number of hydrogen-bond donors (Lipinski definition) is 1. The Hall–Kier alpha value is -2.90. The smallest absolute Gasteiger partial charge is 0.266 e. The number of halogens is 1. The lowest BCUT2D eigenvalue weighted by Crippen LogP contribution is -2.39. The maximum absolute atomic E-state index is 13.0. The van der Waals surface area contributed by atoms with Crippen molar-refractivity contribution in [2.24, 2.45) is 5.73 Å². The fourth-order valence-electron chi connectivity index (χ4n) is 3.98. The number of rotatable bonds is 5. The Morgan fingerprint density at radius 1 is 1.10 bits per heavy atom. The average Bonchev–Trinajstić information content (AvgIpc) is 3.31. The van der Waals surface area contributed by atoms with Crippen molar-refractivity contribution in [2.45, 2.75) is 25.8 Å². The Labute approximate surface area is 181 Å². The monoisotopic (exact) mass is 429 g/mol. The normalized spacial score (nSPS) is 17.7. The van der Waals surface area contributed by atoms with Crippen LogP contribution in [0.5, 0.6) is 5.75 Å². The summed E-state index contributed by atoms with van der Waals surface area (Å²) >= 11 is 0. The number of nitrogens with two attached hydrogens (primary N) is 1. The zero-order valence-corrected chi connectivity index (χ0v) is 17.5. The van der Waals surface area contributed by atoms with Crippen molar-refractivity contribution < 1.29 is 19.1 Å². The first-order valence-electron chi connectivity index (χ1n) is 9.82. The lowest BCUT2D eigenvalue weighted by molar-refractivity contribution is 0.0740. The molecule has 2 aromatic carbocycles. The molecule has 0 saturated carbocycles. The minimum absolute atomic E-state index is 0.